The third-order valence-corrected chi connectivity index (χ3v) is 5.11. The molecule has 2 aliphatic rings. The van der Waals surface area contributed by atoms with E-state index in [4.69, 9.17) is 4.74 Å². The second-order valence-corrected chi connectivity index (χ2v) is 6.94. The molecule has 6 heteroatoms. The van der Waals surface area contributed by atoms with Crippen molar-refractivity contribution in [3.63, 3.8) is 0 Å². The van der Waals surface area contributed by atoms with Gasteiger partial charge in [0.05, 0.1) is 12.3 Å². The van der Waals surface area contributed by atoms with Gasteiger partial charge in [-0.3, -0.25) is 14.4 Å². The first kappa shape index (κ1) is 17.3. The van der Waals surface area contributed by atoms with E-state index in [1.165, 1.54) is 0 Å². The maximum absolute atomic E-state index is 12.6. The lowest BCUT2D eigenvalue weighted by Gasteiger charge is -2.22. The molecule has 138 valence electrons. The first-order valence-corrected chi connectivity index (χ1v) is 9.00. The Morgan fingerprint density at radius 1 is 1.15 bits per heavy atom. The summed E-state index contributed by atoms with van der Waals surface area (Å²) in [5, 5.41) is 2.76. The van der Waals surface area contributed by atoms with Crippen molar-refractivity contribution in [2.45, 2.75) is 31.7 Å². The summed E-state index contributed by atoms with van der Waals surface area (Å²) in [5.74, 6) is -1.60. The molecular weight excluding hydrogens is 344 g/mol. The van der Waals surface area contributed by atoms with Gasteiger partial charge in [-0.15, -0.1) is 0 Å². The number of anilines is 2. The number of ether oxygens (including phenoxy) is 1. The van der Waals surface area contributed by atoms with Crippen LogP contribution in [0.4, 0.5) is 11.4 Å². The standard InChI is InChI=1S/C21H20N2O4/c1-13-10-14-6-2-5-9-18(14)23(13)19(24)12-27-20(25)11-16-15-7-3-4-8-17(15)22-21(16)26/h2-9,13,16H,10-12H2,1H3,(H,22,26)/t13-,16-/m1/s1. The quantitative estimate of drug-likeness (QED) is 0.847. The van der Waals surface area contributed by atoms with E-state index < -0.39 is 11.9 Å². The van der Waals surface area contributed by atoms with E-state index in [0.29, 0.717) is 0 Å². The number of nitrogens with one attached hydrogen (secondary N) is 1. The summed E-state index contributed by atoms with van der Waals surface area (Å²) < 4.78 is 5.19. The lowest BCUT2D eigenvalue weighted by Crippen LogP contribution is -2.38. The average molecular weight is 364 g/mol. The van der Waals surface area contributed by atoms with Gasteiger partial charge in [0.1, 0.15) is 0 Å². The Balaban J connectivity index is 1.37. The van der Waals surface area contributed by atoms with Crippen molar-refractivity contribution in [1.82, 2.24) is 0 Å². The second-order valence-electron chi connectivity index (χ2n) is 6.94. The minimum absolute atomic E-state index is 0.0288. The van der Waals surface area contributed by atoms with Crippen molar-refractivity contribution in [3.8, 4) is 0 Å². The van der Waals surface area contributed by atoms with Crippen molar-refractivity contribution in [3.05, 3.63) is 59.7 Å². The molecule has 0 radical (unpaired) electrons. The normalized spacial score (nSPS) is 20.0. The lowest BCUT2D eigenvalue weighted by atomic mass is 9.97. The smallest absolute Gasteiger partial charge is 0.307 e. The van der Waals surface area contributed by atoms with Gasteiger partial charge in [-0.1, -0.05) is 36.4 Å². The maximum atomic E-state index is 12.6. The zero-order valence-electron chi connectivity index (χ0n) is 15.0. The van der Waals surface area contributed by atoms with Crippen LogP contribution >= 0.6 is 0 Å². The Labute approximate surface area is 157 Å². The van der Waals surface area contributed by atoms with E-state index in [1.807, 2.05) is 49.4 Å². The molecule has 1 N–H and O–H groups in total. The first-order chi connectivity index (χ1) is 13.0. The van der Waals surface area contributed by atoms with Gasteiger partial charge in [0.15, 0.2) is 6.61 Å². The predicted molar refractivity (Wildman–Crippen MR) is 100 cm³/mol. The minimum Gasteiger partial charge on any atom is -0.456 e. The topological polar surface area (TPSA) is 75.7 Å². The largest absolute Gasteiger partial charge is 0.456 e. The highest BCUT2D eigenvalue weighted by Crippen LogP contribution is 2.35. The van der Waals surface area contributed by atoms with Crippen molar-refractivity contribution < 1.29 is 19.1 Å². The van der Waals surface area contributed by atoms with Gasteiger partial charge >= 0.3 is 5.97 Å². The highest BCUT2D eigenvalue weighted by Gasteiger charge is 2.34. The molecule has 0 fully saturated rings. The lowest BCUT2D eigenvalue weighted by molar-refractivity contribution is -0.148. The van der Waals surface area contributed by atoms with Gasteiger partial charge < -0.3 is 15.0 Å². The molecule has 2 aromatic rings. The number of hydrogen-bond acceptors (Lipinski definition) is 4. The zero-order valence-corrected chi connectivity index (χ0v) is 15.0. The summed E-state index contributed by atoms with van der Waals surface area (Å²) in [7, 11) is 0. The van der Waals surface area contributed by atoms with E-state index in [0.717, 1.165) is 28.9 Å². The highest BCUT2D eigenvalue weighted by atomic mass is 16.5. The van der Waals surface area contributed by atoms with Crippen molar-refractivity contribution in [2.24, 2.45) is 0 Å². The molecule has 2 aliphatic heterocycles. The van der Waals surface area contributed by atoms with Gasteiger partial charge in [-0.05, 0) is 36.6 Å². The van der Waals surface area contributed by atoms with Crippen molar-refractivity contribution in [1.29, 1.82) is 0 Å². The summed E-state index contributed by atoms with van der Waals surface area (Å²) in [6.07, 6.45) is 0.706. The molecule has 2 heterocycles. The third-order valence-electron chi connectivity index (χ3n) is 5.11. The van der Waals surface area contributed by atoms with E-state index in [9.17, 15) is 14.4 Å². The zero-order chi connectivity index (χ0) is 19.0. The number of benzene rings is 2. The van der Waals surface area contributed by atoms with E-state index >= 15 is 0 Å². The fourth-order valence-corrected chi connectivity index (χ4v) is 3.86. The van der Waals surface area contributed by atoms with Gasteiger partial charge in [-0.2, -0.15) is 0 Å². The van der Waals surface area contributed by atoms with Crippen LogP contribution in [0.25, 0.3) is 0 Å². The van der Waals surface area contributed by atoms with Gasteiger partial charge in [0, 0.05) is 17.4 Å². The van der Waals surface area contributed by atoms with E-state index in [1.54, 1.807) is 11.0 Å². The molecule has 0 saturated carbocycles. The Kier molecular flexibility index (Phi) is 4.39. The number of carbonyl (C=O) groups excluding carboxylic acids is 3. The maximum Gasteiger partial charge on any atom is 0.307 e. The third kappa shape index (κ3) is 3.18. The van der Waals surface area contributed by atoms with E-state index in [-0.39, 0.29) is 30.9 Å². The van der Waals surface area contributed by atoms with Crippen LogP contribution in [0.3, 0.4) is 0 Å². The molecule has 4 rings (SSSR count). The molecule has 0 spiro atoms. The number of amides is 2. The Morgan fingerprint density at radius 3 is 2.74 bits per heavy atom. The van der Waals surface area contributed by atoms with Crippen LogP contribution in [0.5, 0.6) is 0 Å². The Morgan fingerprint density at radius 2 is 1.89 bits per heavy atom. The number of rotatable bonds is 4. The molecule has 2 aromatic carbocycles. The van der Waals surface area contributed by atoms with Crippen LogP contribution in [0.15, 0.2) is 48.5 Å². The summed E-state index contributed by atoms with van der Waals surface area (Å²) in [5.41, 5.74) is 3.49. The molecule has 0 aliphatic carbocycles. The summed E-state index contributed by atoms with van der Waals surface area (Å²) >= 11 is 0. The second kappa shape index (κ2) is 6.87. The number of fused-ring (bicyclic) bond motifs is 2. The van der Waals surface area contributed by atoms with Crippen LogP contribution in [0.1, 0.15) is 30.4 Å². The Bertz CT molecular complexity index is 924. The molecule has 6 nitrogen and oxygen atoms in total. The molecule has 0 unspecified atom stereocenters. The first-order valence-electron chi connectivity index (χ1n) is 9.00. The highest BCUT2D eigenvalue weighted by molar-refractivity contribution is 6.04. The van der Waals surface area contributed by atoms with Crippen LogP contribution in [-0.4, -0.2) is 30.4 Å². The summed E-state index contributed by atoms with van der Waals surface area (Å²) in [6.45, 7) is 1.65. The van der Waals surface area contributed by atoms with Gasteiger partial charge in [0.25, 0.3) is 5.91 Å². The van der Waals surface area contributed by atoms with Crippen LogP contribution in [-0.2, 0) is 25.5 Å². The number of para-hydroxylation sites is 2. The number of carbonyl (C=O) groups is 3. The number of esters is 1. The monoisotopic (exact) mass is 364 g/mol. The van der Waals surface area contributed by atoms with Crippen LogP contribution in [0.2, 0.25) is 0 Å². The van der Waals surface area contributed by atoms with Crippen molar-refractivity contribution >= 4 is 29.2 Å². The molecule has 2 amide bonds. The molecule has 27 heavy (non-hydrogen) atoms. The van der Waals surface area contributed by atoms with Gasteiger partial charge in [-0.25, -0.2) is 0 Å². The number of hydrogen-bond donors (Lipinski definition) is 1. The molecule has 0 aromatic heterocycles. The predicted octanol–water partition coefficient (Wildman–Crippen LogP) is 2.63. The average Bonchev–Trinajstić information content (AvgIpc) is 3.16. The Hall–Kier alpha value is -3.15. The van der Waals surface area contributed by atoms with Gasteiger partial charge in [0.2, 0.25) is 5.91 Å². The number of nitrogens with zero attached hydrogens (tertiary/aromatic N) is 1. The summed E-state index contributed by atoms with van der Waals surface area (Å²) in [6, 6.07) is 15.0. The SMILES string of the molecule is C[C@@H]1Cc2ccccc2N1C(=O)COC(=O)C[C@H]1C(=O)Nc2ccccc21. The fourth-order valence-electron chi connectivity index (χ4n) is 3.86. The molecule has 0 bridgehead atoms. The molecule has 2 atom stereocenters. The molecular formula is C21H20N2O4. The van der Waals surface area contributed by atoms with Crippen LogP contribution in [0, 0.1) is 0 Å². The summed E-state index contributed by atoms with van der Waals surface area (Å²) in [4.78, 5) is 38.6. The fraction of sp³-hybridized carbons (Fsp3) is 0.286. The minimum atomic E-state index is -0.574. The van der Waals surface area contributed by atoms with E-state index in [2.05, 4.69) is 5.32 Å². The molecule has 0 saturated heterocycles. The van der Waals surface area contributed by atoms with Crippen LogP contribution < -0.4 is 10.2 Å². The van der Waals surface area contributed by atoms with Crippen molar-refractivity contribution in [2.75, 3.05) is 16.8 Å².